The first-order valence-corrected chi connectivity index (χ1v) is 9.33. The van der Waals surface area contributed by atoms with Crippen molar-refractivity contribution in [3.05, 3.63) is 46.1 Å². The van der Waals surface area contributed by atoms with E-state index in [9.17, 15) is 14.4 Å². The van der Waals surface area contributed by atoms with Crippen LogP contribution in [0.15, 0.2) is 35.0 Å². The van der Waals surface area contributed by atoms with Crippen molar-refractivity contribution in [2.45, 2.75) is 51.4 Å². The number of hydrogen-bond donors (Lipinski definition) is 1. The number of ketones is 2. The maximum Gasteiger partial charge on any atom is 0.224 e. The molecule has 1 saturated carbocycles. The molecule has 1 aromatic carbocycles. The van der Waals surface area contributed by atoms with Gasteiger partial charge in [0, 0.05) is 17.5 Å². The van der Waals surface area contributed by atoms with Crippen molar-refractivity contribution in [3.8, 4) is 0 Å². The Balaban J connectivity index is 1.60. The van der Waals surface area contributed by atoms with Gasteiger partial charge in [-0.05, 0) is 18.8 Å². The van der Waals surface area contributed by atoms with Crippen LogP contribution in [0.5, 0.6) is 0 Å². The molecule has 25 heavy (non-hydrogen) atoms. The highest BCUT2D eigenvalue weighted by Crippen LogP contribution is 2.29. The van der Waals surface area contributed by atoms with Gasteiger partial charge in [0.25, 0.3) is 0 Å². The summed E-state index contributed by atoms with van der Waals surface area (Å²) < 4.78 is 0. The largest absolute Gasteiger partial charge is 0.321 e. The van der Waals surface area contributed by atoms with E-state index in [0.29, 0.717) is 12.3 Å². The van der Waals surface area contributed by atoms with Gasteiger partial charge in [0.15, 0.2) is 0 Å². The van der Waals surface area contributed by atoms with Crippen molar-refractivity contribution in [1.29, 1.82) is 0 Å². The van der Waals surface area contributed by atoms with Crippen LogP contribution < -0.4 is 5.32 Å². The molecule has 0 radical (unpaired) electrons. The Morgan fingerprint density at radius 3 is 2.36 bits per heavy atom. The minimum atomic E-state index is -0.422. The first-order valence-electron chi connectivity index (χ1n) is 8.96. The zero-order valence-electron chi connectivity index (χ0n) is 14.1. The molecular formula is C20H22ClNO3. The standard InChI is InChI=1S/C20H22ClNO3/c21-17-18(20(25)15-11-5-4-10-14(15)19(17)24)22-16(23)12-6-9-13-7-2-1-3-8-13/h4-5,10-11,13H,1-3,6-9,12H2,(H,22,23). The lowest BCUT2D eigenvalue weighted by Crippen LogP contribution is -2.33. The molecule has 0 aliphatic heterocycles. The van der Waals surface area contributed by atoms with Gasteiger partial charge in [-0.2, -0.15) is 0 Å². The molecule has 0 unspecified atom stereocenters. The van der Waals surface area contributed by atoms with Crippen molar-refractivity contribution < 1.29 is 14.4 Å². The number of allylic oxidation sites excluding steroid dienone is 2. The molecule has 3 rings (SSSR count). The fourth-order valence-corrected chi connectivity index (χ4v) is 3.92. The summed E-state index contributed by atoms with van der Waals surface area (Å²) in [5.41, 5.74) is 0.482. The summed E-state index contributed by atoms with van der Waals surface area (Å²) >= 11 is 6.05. The highest BCUT2D eigenvalue weighted by molar-refractivity contribution is 6.50. The smallest absolute Gasteiger partial charge is 0.224 e. The summed E-state index contributed by atoms with van der Waals surface area (Å²) in [7, 11) is 0. The number of amides is 1. The summed E-state index contributed by atoms with van der Waals surface area (Å²) in [5.74, 6) is -0.367. The normalized spacial score (nSPS) is 18.3. The SMILES string of the molecule is O=C(CCCC1CCCCC1)NC1=C(Cl)C(=O)c2ccccc2C1=O. The highest BCUT2D eigenvalue weighted by atomic mass is 35.5. The average Bonchev–Trinajstić information content (AvgIpc) is 2.64. The lowest BCUT2D eigenvalue weighted by atomic mass is 9.86. The van der Waals surface area contributed by atoms with Gasteiger partial charge in [0.1, 0.15) is 10.7 Å². The molecule has 1 amide bonds. The van der Waals surface area contributed by atoms with E-state index in [1.807, 2.05) is 0 Å². The van der Waals surface area contributed by atoms with Crippen LogP contribution in [-0.2, 0) is 4.79 Å². The summed E-state index contributed by atoms with van der Waals surface area (Å²) in [4.78, 5) is 37.0. The molecule has 0 spiro atoms. The molecule has 5 heteroatoms. The van der Waals surface area contributed by atoms with Crippen LogP contribution in [-0.4, -0.2) is 17.5 Å². The number of carbonyl (C=O) groups excluding carboxylic acids is 3. The Hall–Kier alpha value is -1.94. The van der Waals surface area contributed by atoms with E-state index in [-0.39, 0.29) is 27.8 Å². The third-order valence-corrected chi connectivity index (χ3v) is 5.43. The van der Waals surface area contributed by atoms with Crippen LogP contribution >= 0.6 is 11.6 Å². The molecule has 0 heterocycles. The molecular weight excluding hydrogens is 338 g/mol. The van der Waals surface area contributed by atoms with Crippen LogP contribution in [0.4, 0.5) is 0 Å². The monoisotopic (exact) mass is 359 g/mol. The number of rotatable bonds is 5. The van der Waals surface area contributed by atoms with E-state index in [0.717, 1.165) is 12.8 Å². The maximum absolute atomic E-state index is 12.5. The molecule has 0 bridgehead atoms. The lowest BCUT2D eigenvalue weighted by Gasteiger charge is -2.21. The van der Waals surface area contributed by atoms with Crippen molar-refractivity contribution in [2.75, 3.05) is 0 Å². The summed E-state index contributed by atoms with van der Waals surface area (Å²) in [6.45, 7) is 0. The van der Waals surface area contributed by atoms with Crippen LogP contribution in [0.2, 0.25) is 0 Å². The van der Waals surface area contributed by atoms with Crippen LogP contribution in [0.3, 0.4) is 0 Å². The van der Waals surface area contributed by atoms with Gasteiger partial charge in [-0.3, -0.25) is 14.4 Å². The van der Waals surface area contributed by atoms with Crippen molar-refractivity contribution in [3.63, 3.8) is 0 Å². The molecule has 0 aromatic heterocycles. The van der Waals surface area contributed by atoms with Crippen molar-refractivity contribution in [1.82, 2.24) is 5.32 Å². The summed E-state index contributed by atoms with van der Waals surface area (Å²) in [6, 6.07) is 6.52. The number of hydrogen-bond acceptors (Lipinski definition) is 3. The molecule has 2 aliphatic carbocycles. The van der Waals surface area contributed by atoms with Crippen LogP contribution in [0.25, 0.3) is 0 Å². The predicted molar refractivity (Wildman–Crippen MR) is 96.6 cm³/mol. The Morgan fingerprint density at radius 2 is 1.68 bits per heavy atom. The van der Waals surface area contributed by atoms with Crippen molar-refractivity contribution >= 4 is 29.1 Å². The van der Waals surface area contributed by atoms with Gasteiger partial charge in [0.05, 0.1) is 0 Å². The lowest BCUT2D eigenvalue weighted by molar-refractivity contribution is -0.120. The first kappa shape index (κ1) is 17.9. The number of fused-ring (bicyclic) bond motifs is 1. The predicted octanol–water partition coefficient (Wildman–Crippen LogP) is 4.38. The topological polar surface area (TPSA) is 63.2 Å². The van der Waals surface area contributed by atoms with E-state index in [1.54, 1.807) is 24.3 Å². The zero-order chi connectivity index (χ0) is 17.8. The fourth-order valence-electron chi connectivity index (χ4n) is 3.69. The van der Waals surface area contributed by atoms with Gasteiger partial charge < -0.3 is 5.32 Å². The van der Waals surface area contributed by atoms with E-state index >= 15 is 0 Å². The second kappa shape index (κ2) is 7.96. The third-order valence-electron chi connectivity index (χ3n) is 5.07. The number of carbonyl (C=O) groups is 3. The Morgan fingerprint density at radius 1 is 1.04 bits per heavy atom. The zero-order valence-corrected chi connectivity index (χ0v) is 14.9. The van der Waals surface area contributed by atoms with Gasteiger partial charge >= 0.3 is 0 Å². The fraction of sp³-hybridized carbons (Fsp3) is 0.450. The average molecular weight is 360 g/mol. The van der Waals surface area contributed by atoms with Crippen LogP contribution in [0.1, 0.15) is 72.1 Å². The quantitative estimate of drug-likeness (QED) is 0.848. The number of benzene rings is 1. The van der Waals surface area contributed by atoms with Crippen molar-refractivity contribution in [2.24, 2.45) is 5.92 Å². The van der Waals surface area contributed by atoms with Gasteiger partial charge in [-0.1, -0.05) is 68.0 Å². The van der Waals surface area contributed by atoms with Gasteiger partial charge in [-0.25, -0.2) is 0 Å². The maximum atomic E-state index is 12.5. The molecule has 4 nitrogen and oxygen atoms in total. The van der Waals surface area contributed by atoms with E-state index < -0.39 is 11.6 Å². The van der Waals surface area contributed by atoms with Gasteiger partial charge in [-0.15, -0.1) is 0 Å². The second-order valence-electron chi connectivity index (χ2n) is 6.84. The minimum absolute atomic E-state index is 0.0898. The Kier molecular flexibility index (Phi) is 5.69. The van der Waals surface area contributed by atoms with Gasteiger partial charge in [0.2, 0.25) is 17.5 Å². The van der Waals surface area contributed by atoms with E-state index in [4.69, 9.17) is 11.6 Å². The molecule has 0 atom stereocenters. The van der Waals surface area contributed by atoms with E-state index in [1.165, 1.54) is 32.1 Å². The molecule has 0 saturated heterocycles. The first-order chi connectivity index (χ1) is 12.1. The molecule has 1 N–H and O–H groups in total. The molecule has 132 valence electrons. The highest BCUT2D eigenvalue weighted by Gasteiger charge is 2.32. The number of halogens is 1. The summed E-state index contributed by atoms with van der Waals surface area (Å²) in [5, 5.41) is 2.36. The number of Topliss-reactive ketones (excluding diaryl/α,β-unsaturated/α-hetero) is 2. The minimum Gasteiger partial charge on any atom is -0.321 e. The van der Waals surface area contributed by atoms with Crippen LogP contribution in [0, 0.1) is 5.92 Å². The molecule has 1 fully saturated rings. The second-order valence-corrected chi connectivity index (χ2v) is 7.22. The number of nitrogens with one attached hydrogen (secondary N) is 1. The Bertz CT molecular complexity index is 732. The van der Waals surface area contributed by atoms with E-state index in [2.05, 4.69) is 5.32 Å². The summed E-state index contributed by atoms with van der Waals surface area (Å²) in [6.07, 6.45) is 8.57. The molecule has 1 aromatic rings. The Labute approximate surface area is 152 Å². The third kappa shape index (κ3) is 4.01. The molecule has 2 aliphatic rings.